The Kier molecular flexibility index (Phi) is 2.50. The van der Waals surface area contributed by atoms with Crippen LogP contribution in [0.15, 0.2) is 6.07 Å². The summed E-state index contributed by atoms with van der Waals surface area (Å²) >= 11 is 0. The molecule has 1 fully saturated rings. The summed E-state index contributed by atoms with van der Waals surface area (Å²) in [6.07, 6.45) is 3.54. The van der Waals surface area contributed by atoms with Crippen molar-refractivity contribution in [3.8, 4) is 0 Å². The van der Waals surface area contributed by atoms with Gasteiger partial charge in [0.1, 0.15) is 5.82 Å². The molecule has 76 valence electrons. The number of nitrogens with two attached hydrogens (primary N) is 1. The van der Waals surface area contributed by atoms with E-state index in [-0.39, 0.29) is 0 Å². The van der Waals surface area contributed by atoms with Crippen LogP contribution in [-0.4, -0.2) is 16.0 Å². The molecule has 0 amide bonds. The van der Waals surface area contributed by atoms with Crippen molar-refractivity contribution >= 4 is 0 Å². The van der Waals surface area contributed by atoms with E-state index in [0.29, 0.717) is 12.0 Å². The third-order valence-corrected chi connectivity index (χ3v) is 2.94. The largest absolute Gasteiger partial charge is 0.327 e. The molecule has 0 bridgehead atoms. The Morgan fingerprint density at radius 3 is 2.64 bits per heavy atom. The average Bonchev–Trinajstić information content (AvgIpc) is 2.49. The summed E-state index contributed by atoms with van der Waals surface area (Å²) in [5.74, 6) is 1.31. The van der Waals surface area contributed by atoms with Gasteiger partial charge in [-0.25, -0.2) is 9.97 Å². The molecule has 0 spiro atoms. The lowest BCUT2D eigenvalue weighted by atomic mass is 9.99. The first-order valence-electron chi connectivity index (χ1n) is 5.24. The Labute approximate surface area is 84.8 Å². The van der Waals surface area contributed by atoms with Gasteiger partial charge < -0.3 is 5.73 Å². The highest BCUT2D eigenvalue weighted by Gasteiger charge is 2.26. The van der Waals surface area contributed by atoms with E-state index in [1.54, 1.807) is 0 Å². The lowest BCUT2D eigenvalue weighted by Gasteiger charge is -2.15. The Balaban J connectivity index is 2.31. The standard InChI is InChI=1S/C11H17N3/c1-7-6-11(14-8(2)13-7)9-4-3-5-10(9)12/h6,9-10H,3-5,12H2,1-2H3. The predicted molar refractivity (Wildman–Crippen MR) is 56.1 cm³/mol. The van der Waals surface area contributed by atoms with Gasteiger partial charge in [-0.05, 0) is 32.8 Å². The van der Waals surface area contributed by atoms with Crippen LogP contribution in [0.3, 0.4) is 0 Å². The summed E-state index contributed by atoms with van der Waals surface area (Å²) in [5.41, 5.74) is 8.24. The van der Waals surface area contributed by atoms with Crippen LogP contribution < -0.4 is 5.73 Å². The average molecular weight is 191 g/mol. The number of hydrogen-bond donors (Lipinski definition) is 1. The van der Waals surface area contributed by atoms with Gasteiger partial charge in [0, 0.05) is 23.3 Å². The molecule has 14 heavy (non-hydrogen) atoms. The van der Waals surface area contributed by atoms with Crippen LogP contribution in [0.4, 0.5) is 0 Å². The fraction of sp³-hybridized carbons (Fsp3) is 0.636. The van der Waals surface area contributed by atoms with E-state index in [2.05, 4.69) is 16.0 Å². The smallest absolute Gasteiger partial charge is 0.125 e. The Morgan fingerprint density at radius 2 is 2.07 bits per heavy atom. The fourth-order valence-corrected chi connectivity index (χ4v) is 2.29. The minimum atomic E-state index is 0.295. The van der Waals surface area contributed by atoms with E-state index >= 15 is 0 Å². The molecule has 1 aliphatic rings. The molecule has 2 rings (SSSR count). The first-order valence-corrected chi connectivity index (χ1v) is 5.24. The molecule has 0 radical (unpaired) electrons. The summed E-state index contributed by atoms with van der Waals surface area (Å²) in [6, 6.07) is 2.37. The van der Waals surface area contributed by atoms with Crippen LogP contribution in [0.2, 0.25) is 0 Å². The first kappa shape index (κ1) is 9.59. The lowest BCUT2D eigenvalue weighted by molar-refractivity contribution is 0.594. The molecule has 2 unspecified atom stereocenters. The molecule has 1 aromatic heterocycles. The highest BCUT2D eigenvalue weighted by Crippen LogP contribution is 2.32. The minimum Gasteiger partial charge on any atom is -0.327 e. The van der Waals surface area contributed by atoms with Crippen molar-refractivity contribution in [1.82, 2.24) is 9.97 Å². The van der Waals surface area contributed by atoms with Crippen molar-refractivity contribution in [2.75, 3.05) is 0 Å². The molecule has 3 heteroatoms. The van der Waals surface area contributed by atoms with Crippen LogP contribution in [0.5, 0.6) is 0 Å². The number of nitrogens with zero attached hydrogens (tertiary/aromatic N) is 2. The normalized spacial score (nSPS) is 26.8. The zero-order valence-electron chi connectivity index (χ0n) is 8.83. The molecule has 1 aliphatic carbocycles. The third-order valence-electron chi connectivity index (χ3n) is 2.94. The monoisotopic (exact) mass is 191 g/mol. The Morgan fingerprint density at radius 1 is 1.29 bits per heavy atom. The van der Waals surface area contributed by atoms with Gasteiger partial charge in [-0.2, -0.15) is 0 Å². The van der Waals surface area contributed by atoms with Gasteiger partial charge in [0.2, 0.25) is 0 Å². The van der Waals surface area contributed by atoms with Crippen molar-refractivity contribution in [3.05, 3.63) is 23.3 Å². The summed E-state index contributed by atoms with van der Waals surface area (Å²) in [6.45, 7) is 3.95. The summed E-state index contributed by atoms with van der Waals surface area (Å²) in [5, 5.41) is 0. The van der Waals surface area contributed by atoms with Crippen molar-refractivity contribution in [2.24, 2.45) is 5.73 Å². The zero-order chi connectivity index (χ0) is 10.1. The van der Waals surface area contributed by atoms with Crippen LogP contribution >= 0.6 is 0 Å². The first-order chi connectivity index (χ1) is 6.66. The summed E-state index contributed by atoms with van der Waals surface area (Å²) in [7, 11) is 0. The highest BCUT2D eigenvalue weighted by molar-refractivity contribution is 5.17. The zero-order valence-corrected chi connectivity index (χ0v) is 8.83. The second-order valence-electron chi connectivity index (χ2n) is 4.18. The number of aromatic nitrogens is 2. The second-order valence-corrected chi connectivity index (χ2v) is 4.18. The van der Waals surface area contributed by atoms with Gasteiger partial charge >= 0.3 is 0 Å². The van der Waals surface area contributed by atoms with Gasteiger partial charge in [-0.3, -0.25) is 0 Å². The third kappa shape index (κ3) is 1.77. The predicted octanol–water partition coefficient (Wildman–Crippen LogP) is 1.69. The van der Waals surface area contributed by atoms with Crippen LogP contribution in [0.25, 0.3) is 0 Å². The van der Waals surface area contributed by atoms with Crippen LogP contribution in [-0.2, 0) is 0 Å². The Bertz CT molecular complexity index is 315. The maximum absolute atomic E-state index is 6.05. The van der Waals surface area contributed by atoms with Crippen molar-refractivity contribution in [1.29, 1.82) is 0 Å². The van der Waals surface area contributed by atoms with E-state index in [1.165, 1.54) is 12.8 Å². The molecule has 0 aromatic carbocycles. The second kappa shape index (κ2) is 3.65. The van der Waals surface area contributed by atoms with Crippen molar-refractivity contribution in [2.45, 2.75) is 45.1 Å². The van der Waals surface area contributed by atoms with Gasteiger partial charge in [0.25, 0.3) is 0 Å². The number of rotatable bonds is 1. The van der Waals surface area contributed by atoms with E-state index < -0.39 is 0 Å². The maximum Gasteiger partial charge on any atom is 0.125 e. The fourth-order valence-electron chi connectivity index (χ4n) is 2.29. The highest BCUT2D eigenvalue weighted by atomic mass is 14.9. The molecule has 0 aliphatic heterocycles. The molecule has 2 atom stereocenters. The molecule has 1 aromatic rings. The molecule has 2 N–H and O–H groups in total. The Hall–Kier alpha value is -0.960. The number of aryl methyl sites for hydroxylation is 2. The maximum atomic E-state index is 6.05. The van der Waals surface area contributed by atoms with Crippen molar-refractivity contribution < 1.29 is 0 Å². The quantitative estimate of drug-likeness (QED) is 0.735. The molecular formula is C11H17N3. The number of hydrogen-bond acceptors (Lipinski definition) is 3. The molecule has 0 saturated heterocycles. The van der Waals surface area contributed by atoms with Gasteiger partial charge in [0.15, 0.2) is 0 Å². The van der Waals surface area contributed by atoms with E-state index in [0.717, 1.165) is 23.6 Å². The van der Waals surface area contributed by atoms with E-state index in [4.69, 9.17) is 5.73 Å². The molecule has 3 nitrogen and oxygen atoms in total. The summed E-state index contributed by atoms with van der Waals surface area (Å²) < 4.78 is 0. The summed E-state index contributed by atoms with van der Waals surface area (Å²) in [4.78, 5) is 8.75. The van der Waals surface area contributed by atoms with E-state index in [1.807, 2.05) is 13.8 Å². The lowest BCUT2D eigenvalue weighted by Crippen LogP contribution is -2.23. The van der Waals surface area contributed by atoms with E-state index in [9.17, 15) is 0 Å². The SMILES string of the molecule is Cc1cc(C2CCCC2N)nc(C)n1. The van der Waals surface area contributed by atoms with Crippen LogP contribution in [0.1, 0.15) is 42.4 Å². The van der Waals surface area contributed by atoms with Crippen LogP contribution in [0, 0.1) is 13.8 Å². The van der Waals surface area contributed by atoms with Gasteiger partial charge in [-0.1, -0.05) is 6.42 Å². The van der Waals surface area contributed by atoms with Gasteiger partial charge in [-0.15, -0.1) is 0 Å². The minimum absolute atomic E-state index is 0.295. The van der Waals surface area contributed by atoms with Crippen molar-refractivity contribution in [3.63, 3.8) is 0 Å². The molecule has 1 heterocycles. The topological polar surface area (TPSA) is 51.8 Å². The molecule has 1 saturated carbocycles. The van der Waals surface area contributed by atoms with Gasteiger partial charge in [0.05, 0.1) is 0 Å². The molecular weight excluding hydrogens is 174 g/mol.